The summed E-state index contributed by atoms with van der Waals surface area (Å²) in [5.74, 6) is 0. The Kier molecular flexibility index (Phi) is 7.02. The molecule has 3 heteroatoms. The van der Waals surface area contributed by atoms with Crippen molar-refractivity contribution in [2.45, 2.75) is 52.4 Å². The zero-order valence-electron chi connectivity index (χ0n) is 16.0. The minimum Gasteiger partial charge on any atom is -0.366 e. The molecule has 0 radical (unpaired) electrons. The lowest BCUT2D eigenvalue weighted by Gasteiger charge is -2.34. The van der Waals surface area contributed by atoms with Crippen molar-refractivity contribution < 1.29 is 4.74 Å². The fourth-order valence-electron chi connectivity index (χ4n) is 3.14. The van der Waals surface area contributed by atoms with Crippen molar-refractivity contribution in [2.24, 2.45) is 0 Å². The van der Waals surface area contributed by atoms with Crippen LogP contribution in [0.4, 0.5) is 0 Å². The molecule has 0 aliphatic rings. The van der Waals surface area contributed by atoms with Crippen LogP contribution in [0.25, 0.3) is 10.8 Å². The maximum atomic E-state index is 5.98. The third-order valence-electron chi connectivity index (χ3n) is 4.40. The van der Waals surface area contributed by atoms with Gasteiger partial charge in [0.25, 0.3) is 0 Å². The van der Waals surface area contributed by atoms with Crippen LogP contribution >= 0.6 is 0 Å². The molecule has 0 bridgehead atoms. The summed E-state index contributed by atoms with van der Waals surface area (Å²) in [4.78, 5) is 2.53. The van der Waals surface area contributed by atoms with E-state index in [4.69, 9.17) is 4.74 Å². The first-order valence-corrected chi connectivity index (χ1v) is 12.9. The molecule has 24 heavy (non-hydrogen) atoms. The molecule has 0 fully saturated rings. The van der Waals surface area contributed by atoms with Crippen molar-refractivity contribution in [1.29, 1.82) is 0 Å². The quantitative estimate of drug-likeness (QED) is 0.321. The summed E-state index contributed by atoms with van der Waals surface area (Å²) in [6.07, 6.45) is 3.49. The van der Waals surface area contributed by atoms with E-state index in [1.807, 2.05) is 0 Å². The van der Waals surface area contributed by atoms with Crippen LogP contribution in [0.15, 0.2) is 42.5 Å². The molecule has 0 N–H and O–H groups in total. The highest BCUT2D eigenvalue weighted by molar-refractivity contribution is 6.76. The molecule has 2 aromatic carbocycles. The Balaban J connectivity index is 2.22. The Bertz CT molecular complexity index is 630. The van der Waals surface area contributed by atoms with E-state index in [-0.39, 0.29) is 0 Å². The molecular weight excluding hydrogens is 310 g/mol. The molecule has 0 heterocycles. The molecule has 0 aromatic heterocycles. The first-order valence-electron chi connectivity index (χ1n) is 9.22. The maximum absolute atomic E-state index is 5.98. The third-order valence-corrected chi connectivity index (χ3v) is 5.75. The Morgan fingerprint density at radius 1 is 1.04 bits per heavy atom. The number of fused-ring (bicyclic) bond motifs is 1. The van der Waals surface area contributed by atoms with Crippen molar-refractivity contribution in [1.82, 2.24) is 4.90 Å². The monoisotopic (exact) mass is 343 g/mol. The highest BCUT2D eigenvalue weighted by atomic mass is 28.3. The molecule has 0 aliphatic heterocycles. The van der Waals surface area contributed by atoms with Gasteiger partial charge in [-0.2, -0.15) is 0 Å². The number of unbranched alkanes of at least 4 members (excludes halogenated alkanes) is 1. The molecule has 2 nitrogen and oxygen atoms in total. The topological polar surface area (TPSA) is 12.5 Å². The van der Waals surface area contributed by atoms with Gasteiger partial charge in [0.15, 0.2) is 0 Å². The van der Waals surface area contributed by atoms with E-state index in [2.05, 4.69) is 80.9 Å². The number of hydrogen-bond donors (Lipinski definition) is 0. The molecular formula is C21H33NOSi. The van der Waals surface area contributed by atoms with E-state index in [1.54, 1.807) is 0 Å². The van der Waals surface area contributed by atoms with Gasteiger partial charge in [0, 0.05) is 12.6 Å². The van der Waals surface area contributed by atoms with Crippen molar-refractivity contribution in [3.63, 3.8) is 0 Å². The van der Waals surface area contributed by atoms with Crippen molar-refractivity contribution in [3.05, 3.63) is 48.0 Å². The van der Waals surface area contributed by atoms with Crippen molar-refractivity contribution >= 4 is 18.8 Å². The maximum Gasteiger partial charge on any atom is 0.0992 e. The zero-order valence-corrected chi connectivity index (χ0v) is 17.0. The first-order chi connectivity index (χ1) is 11.4. The van der Waals surface area contributed by atoms with E-state index in [0.717, 1.165) is 25.9 Å². The molecule has 2 aromatic rings. The first kappa shape index (κ1) is 19.2. The van der Waals surface area contributed by atoms with E-state index >= 15 is 0 Å². The minimum absolute atomic E-state index is 0.365. The second-order valence-corrected chi connectivity index (χ2v) is 13.4. The van der Waals surface area contributed by atoms with Gasteiger partial charge in [-0.1, -0.05) is 75.5 Å². The third kappa shape index (κ3) is 5.44. The van der Waals surface area contributed by atoms with Gasteiger partial charge in [0.2, 0.25) is 0 Å². The highest BCUT2D eigenvalue weighted by Crippen LogP contribution is 2.29. The van der Waals surface area contributed by atoms with Gasteiger partial charge >= 0.3 is 0 Å². The van der Waals surface area contributed by atoms with Crippen LogP contribution in [-0.4, -0.2) is 32.5 Å². The van der Waals surface area contributed by atoms with Crippen LogP contribution in [-0.2, 0) is 4.74 Å². The lowest BCUT2D eigenvalue weighted by atomic mass is 9.99. The fraction of sp³-hybridized carbons (Fsp3) is 0.524. The van der Waals surface area contributed by atoms with E-state index in [9.17, 15) is 0 Å². The van der Waals surface area contributed by atoms with Crippen LogP contribution in [0.3, 0.4) is 0 Å². The summed E-state index contributed by atoms with van der Waals surface area (Å²) in [5, 5.41) is 2.68. The molecule has 132 valence electrons. The Labute approximate surface area is 148 Å². The van der Waals surface area contributed by atoms with Crippen LogP contribution < -0.4 is 0 Å². The van der Waals surface area contributed by atoms with Gasteiger partial charge in [0.1, 0.15) is 0 Å². The standard InChI is InChI=1S/C21H33NOSi/c1-6-7-15-23-16-22(17-24(3,4)5)18(2)20-14-10-12-19-11-8-9-13-21(19)20/h8-14,18H,6-7,15-17H2,1-5H3/t18-/m0/s1. The minimum atomic E-state index is -1.21. The molecule has 0 saturated heterocycles. The molecule has 0 unspecified atom stereocenters. The van der Waals surface area contributed by atoms with Gasteiger partial charge in [-0.15, -0.1) is 0 Å². The van der Waals surface area contributed by atoms with Crippen LogP contribution in [0.1, 0.15) is 38.3 Å². The average Bonchev–Trinajstić information content (AvgIpc) is 2.55. The largest absolute Gasteiger partial charge is 0.366 e. The summed E-state index contributed by atoms with van der Waals surface area (Å²) in [5.41, 5.74) is 1.41. The molecule has 0 saturated carbocycles. The lowest BCUT2D eigenvalue weighted by molar-refractivity contribution is 0.0166. The molecule has 2 rings (SSSR count). The second-order valence-electron chi connectivity index (χ2n) is 7.94. The lowest BCUT2D eigenvalue weighted by Crippen LogP contribution is -2.42. The zero-order chi connectivity index (χ0) is 17.6. The number of rotatable bonds is 9. The highest BCUT2D eigenvalue weighted by Gasteiger charge is 2.24. The fourth-order valence-corrected chi connectivity index (χ4v) is 4.73. The van der Waals surface area contributed by atoms with Crippen molar-refractivity contribution in [2.75, 3.05) is 19.5 Å². The average molecular weight is 344 g/mol. The summed E-state index contributed by atoms with van der Waals surface area (Å²) in [6.45, 7) is 13.4. The second kappa shape index (κ2) is 8.79. The normalized spacial score (nSPS) is 13.6. The molecule has 0 aliphatic carbocycles. The Morgan fingerprint density at radius 3 is 2.46 bits per heavy atom. The summed E-state index contributed by atoms with van der Waals surface area (Å²) < 4.78 is 5.98. The predicted octanol–water partition coefficient (Wildman–Crippen LogP) is 5.85. The number of benzene rings is 2. The van der Waals surface area contributed by atoms with Gasteiger partial charge in [0.05, 0.1) is 14.8 Å². The molecule has 1 atom stereocenters. The van der Waals surface area contributed by atoms with Gasteiger partial charge in [-0.25, -0.2) is 0 Å². The van der Waals surface area contributed by atoms with Crippen LogP contribution in [0, 0.1) is 0 Å². The summed E-state index contributed by atoms with van der Waals surface area (Å²) in [7, 11) is -1.21. The SMILES string of the molecule is CCCCOCN(C[Si](C)(C)C)[C@@H](C)c1cccc2ccccc12. The summed E-state index contributed by atoms with van der Waals surface area (Å²) >= 11 is 0. The number of nitrogens with zero attached hydrogens (tertiary/aromatic N) is 1. The van der Waals surface area contributed by atoms with Crippen molar-refractivity contribution in [3.8, 4) is 0 Å². The van der Waals surface area contributed by atoms with Crippen LogP contribution in [0.2, 0.25) is 19.6 Å². The van der Waals surface area contributed by atoms with E-state index in [1.165, 1.54) is 22.8 Å². The number of hydrogen-bond acceptors (Lipinski definition) is 2. The Hall–Kier alpha value is -1.16. The Morgan fingerprint density at radius 2 is 1.75 bits per heavy atom. The molecule has 0 amide bonds. The summed E-state index contributed by atoms with van der Waals surface area (Å²) in [6, 6.07) is 15.7. The van der Waals surface area contributed by atoms with E-state index in [0.29, 0.717) is 6.04 Å². The van der Waals surface area contributed by atoms with Crippen LogP contribution in [0.5, 0.6) is 0 Å². The smallest absolute Gasteiger partial charge is 0.0992 e. The predicted molar refractivity (Wildman–Crippen MR) is 108 cm³/mol. The van der Waals surface area contributed by atoms with Gasteiger partial charge in [-0.3, -0.25) is 4.90 Å². The van der Waals surface area contributed by atoms with Gasteiger partial charge in [-0.05, 0) is 35.8 Å². The van der Waals surface area contributed by atoms with E-state index < -0.39 is 8.07 Å². The number of ether oxygens (including phenoxy) is 1. The van der Waals surface area contributed by atoms with Gasteiger partial charge < -0.3 is 4.74 Å². The molecule has 0 spiro atoms.